The largest absolute Gasteiger partial charge is 0.379 e. The van der Waals surface area contributed by atoms with Crippen LogP contribution < -0.4 is 5.32 Å². The predicted molar refractivity (Wildman–Crippen MR) is 123 cm³/mol. The highest BCUT2D eigenvalue weighted by atomic mass is 32.2. The van der Waals surface area contributed by atoms with E-state index in [2.05, 4.69) is 16.3 Å². The summed E-state index contributed by atoms with van der Waals surface area (Å²) in [7, 11) is -3.62. The highest BCUT2D eigenvalue weighted by molar-refractivity contribution is 7.89. The summed E-state index contributed by atoms with van der Waals surface area (Å²) < 4.78 is 32.6. The van der Waals surface area contributed by atoms with E-state index in [1.54, 1.807) is 37.3 Å². The fourth-order valence-electron chi connectivity index (χ4n) is 3.78. The number of hydrogen-bond acceptors (Lipinski definition) is 6. The summed E-state index contributed by atoms with van der Waals surface area (Å²) in [6, 6.07) is 8.93. The Morgan fingerprint density at radius 3 is 2.55 bits per heavy atom. The number of nitrogens with one attached hydrogen (secondary N) is 1. The summed E-state index contributed by atoms with van der Waals surface area (Å²) >= 11 is 1.67. The van der Waals surface area contributed by atoms with Crippen molar-refractivity contribution in [2.24, 2.45) is 0 Å². The van der Waals surface area contributed by atoms with Gasteiger partial charge in [-0.2, -0.15) is 4.31 Å². The Bertz CT molecular complexity index is 967. The van der Waals surface area contributed by atoms with E-state index in [-0.39, 0.29) is 16.8 Å². The number of morpholine rings is 1. The molecule has 1 fully saturated rings. The fraction of sp³-hybridized carbons (Fsp3) is 0.500. The third-order valence-electron chi connectivity index (χ3n) is 5.61. The van der Waals surface area contributed by atoms with Crippen molar-refractivity contribution in [2.45, 2.75) is 31.7 Å². The summed E-state index contributed by atoms with van der Waals surface area (Å²) in [5, 5.41) is 5.08. The maximum atomic E-state index is 13.1. The molecule has 0 aliphatic carbocycles. The standard InChI is InChI=1S/C22H31N3O4S2/c1-4-25(5-2)31(27,28)18-9-8-17(3)19(15-18)22(26)23-16-20(21-7-6-14-30-21)24-10-12-29-13-11-24/h6-9,14-15,20H,4-5,10-13,16H2,1-3H3,(H,23,26)/t20-/m0/s1. The van der Waals surface area contributed by atoms with E-state index in [4.69, 9.17) is 4.74 Å². The normalized spacial score (nSPS) is 16.4. The zero-order valence-electron chi connectivity index (χ0n) is 18.3. The van der Waals surface area contributed by atoms with Crippen molar-refractivity contribution in [3.05, 3.63) is 51.7 Å². The van der Waals surface area contributed by atoms with Crippen molar-refractivity contribution < 1.29 is 17.9 Å². The molecule has 1 atom stereocenters. The average molecular weight is 466 g/mol. The molecular formula is C22H31N3O4S2. The maximum absolute atomic E-state index is 13.1. The first-order valence-corrected chi connectivity index (χ1v) is 12.9. The van der Waals surface area contributed by atoms with Gasteiger partial charge >= 0.3 is 0 Å². The second-order valence-corrected chi connectivity index (χ2v) is 10.4. The van der Waals surface area contributed by atoms with Crippen LogP contribution in [0.25, 0.3) is 0 Å². The van der Waals surface area contributed by atoms with Crippen LogP contribution in [-0.2, 0) is 14.8 Å². The van der Waals surface area contributed by atoms with E-state index < -0.39 is 10.0 Å². The highest BCUT2D eigenvalue weighted by Gasteiger charge is 2.26. The monoisotopic (exact) mass is 465 g/mol. The molecule has 7 nitrogen and oxygen atoms in total. The molecular weight excluding hydrogens is 434 g/mol. The van der Waals surface area contributed by atoms with Gasteiger partial charge in [-0.05, 0) is 36.1 Å². The highest BCUT2D eigenvalue weighted by Crippen LogP contribution is 2.26. The molecule has 0 saturated carbocycles. The Kier molecular flexibility index (Phi) is 8.23. The molecule has 31 heavy (non-hydrogen) atoms. The van der Waals surface area contributed by atoms with Gasteiger partial charge in [0, 0.05) is 43.2 Å². The number of rotatable bonds is 9. The van der Waals surface area contributed by atoms with Crippen LogP contribution in [0.3, 0.4) is 0 Å². The molecule has 1 amide bonds. The van der Waals surface area contributed by atoms with Crippen molar-refractivity contribution in [3.8, 4) is 0 Å². The number of ether oxygens (including phenoxy) is 1. The van der Waals surface area contributed by atoms with Crippen molar-refractivity contribution >= 4 is 27.3 Å². The van der Waals surface area contributed by atoms with Crippen LogP contribution in [-0.4, -0.2) is 69.5 Å². The second-order valence-electron chi connectivity index (χ2n) is 7.46. The lowest BCUT2D eigenvalue weighted by atomic mass is 10.1. The van der Waals surface area contributed by atoms with E-state index in [1.807, 2.05) is 18.4 Å². The molecule has 0 unspecified atom stereocenters. The SMILES string of the molecule is CCN(CC)S(=O)(=O)c1ccc(C)c(C(=O)NC[C@@H](c2cccs2)N2CCOCC2)c1. The number of nitrogens with zero attached hydrogens (tertiary/aromatic N) is 2. The van der Waals surface area contributed by atoms with Crippen molar-refractivity contribution in [3.63, 3.8) is 0 Å². The number of thiophene rings is 1. The van der Waals surface area contributed by atoms with Crippen molar-refractivity contribution in [1.29, 1.82) is 0 Å². The topological polar surface area (TPSA) is 79.0 Å². The number of aryl methyl sites for hydroxylation is 1. The first-order valence-electron chi connectivity index (χ1n) is 10.6. The lowest BCUT2D eigenvalue weighted by Gasteiger charge is -2.34. The molecule has 1 N–H and O–H groups in total. The molecule has 0 radical (unpaired) electrons. The quantitative estimate of drug-likeness (QED) is 0.616. The predicted octanol–water partition coefficient (Wildman–Crippen LogP) is 2.89. The molecule has 1 aliphatic rings. The summed E-state index contributed by atoms with van der Waals surface area (Å²) in [5.41, 5.74) is 1.13. The van der Waals surface area contributed by atoms with Gasteiger partial charge in [-0.1, -0.05) is 26.0 Å². The van der Waals surface area contributed by atoms with Gasteiger partial charge in [0.05, 0.1) is 24.2 Å². The molecule has 3 rings (SSSR count). The number of carbonyl (C=O) groups excluding carboxylic acids is 1. The minimum absolute atomic E-state index is 0.0655. The molecule has 170 valence electrons. The summed E-state index contributed by atoms with van der Waals surface area (Å²) in [4.78, 5) is 16.7. The number of sulfonamides is 1. The number of amides is 1. The zero-order chi connectivity index (χ0) is 22.4. The number of benzene rings is 1. The van der Waals surface area contributed by atoms with E-state index in [1.165, 1.54) is 15.2 Å². The van der Waals surface area contributed by atoms with Crippen LogP contribution >= 0.6 is 11.3 Å². The van der Waals surface area contributed by atoms with Crippen molar-refractivity contribution in [2.75, 3.05) is 45.9 Å². The molecule has 0 spiro atoms. The van der Waals surface area contributed by atoms with Gasteiger partial charge in [-0.3, -0.25) is 9.69 Å². The zero-order valence-corrected chi connectivity index (χ0v) is 20.0. The molecule has 2 heterocycles. The lowest BCUT2D eigenvalue weighted by Crippen LogP contribution is -2.43. The minimum atomic E-state index is -3.62. The Balaban J connectivity index is 1.79. The second kappa shape index (κ2) is 10.7. The van der Waals surface area contributed by atoms with Gasteiger partial charge in [0.25, 0.3) is 5.91 Å². The summed E-state index contributed by atoms with van der Waals surface area (Å²) in [6.45, 7) is 9.64. The maximum Gasteiger partial charge on any atom is 0.251 e. The molecule has 1 aliphatic heterocycles. The molecule has 1 aromatic heterocycles. The van der Waals surface area contributed by atoms with Gasteiger partial charge in [0.1, 0.15) is 0 Å². The van der Waals surface area contributed by atoms with Crippen LogP contribution in [0.4, 0.5) is 0 Å². The minimum Gasteiger partial charge on any atom is -0.379 e. The first kappa shape index (κ1) is 23.9. The van der Waals surface area contributed by atoms with E-state index >= 15 is 0 Å². The van der Waals surface area contributed by atoms with Gasteiger partial charge in [-0.25, -0.2) is 8.42 Å². The molecule has 1 saturated heterocycles. The van der Waals surface area contributed by atoms with Crippen LogP contribution in [0.2, 0.25) is 0 Å². The Morgan fingerprint density at radius 2 is 1.94 bits per heavy atom. The number of carbonyl (C=O) groups is 1. The number of hydrogen-bond donors (Lipinski definition) is 1. The van der Waals surface area contributed by atoms with E-state index in [0.29, 0.717) is 38.4 Å². The third kappa shape index (κ3) is 5.53. The fourth-order valence-corrected chi connectivity index (χ4v) is 6.13. The van der Waals surface area contributed by atoms with Gasteiger partial charge < -0.3 is 10.1 Å². The molecule has 0 bridgehead atoms. The first-order chi connectivity index (χ1) is 14.9. The average Bonchev–Trinajstić information content (AvgIpc) is 3.30. The molecule has 2 aromatic rings. The van der Waals surface area contributed by atoms with Gasteiger partial charge in [-0.15, -0.1) is 11.3 Å². The van der Waals surface area contributed by atoms with Gasteiger partial charge in [0.15, 0.2) is 0 Å². The Hall–Kier alpha value is -1.78. The third-order valence-corrected chi connectivity index (χ3v) is 8.63. The van der Waals surface area contributed by atoms with Crippen molar-refractivity contribution in [1.82, 2.24) is 14.5 Å². The van der Waals surface area contributed by atoms with Gasteiger partial charge in [0.2, 0.25) is 10.0 Å². The van der Waals surface area contributed by atoms with E-state index in [9.17, 15) is 13.2 Å². The van der Waals surface area contributed by atoms with Crippen LogP contribution in [0, 0.1) is 6.92 Å². The smallest absolute Gasteiger partial charge is 0.251 e. The molecule has 1 aromatic carbocycles. The molecule has 9 heteroatoms. The summed E-state index contributed by atoms with van der Waals surface area (Å²) in [6.07, 6.45) is 0. The van der Waals surface area contributed by atoms with E-state index in [0.717, 1.165) is 18.7 Å². The summed E-state index contributed by atoms with van der Waals surface area (Å²) in [5.74, 6) is -0.260. The lowest BCUT2D eigenvalue weighted by molar-refractivity contribution is 0.0169. The van der Waals surface area contributed by atoms with Crippen LogP contribution in [0.5, 0.6) is 0 Å². The van der Waals surface area contributed by atoms with Crippen LogP contribution in [0.1, 0.15) is 40.7 Å². The Morgan fingerprint density at radius 1 is 1.23 bits per heavy atom. The van der Waals surface area contributed by atoms with Crippen LogP contribution in [0.15, 0.2) is 40.6 Å². The Labute approximate surface area is 189 Å².